The predicted octanol–water partition coefficient (Wildman–Crippen LogP) is 4.19. The Labute approximate surface area is 176 Å². The van der Waals surface area contributed by atoms with Crippen LogP contribution < -0.4 is 9.80 Å². The van der Waals surface area contributed by atoms with E-state index in [-0.39, 0.29) is 0 Å². The van der Waals surface area contributed by atoms with E-state index in [0.29, 0.717) is 6.04 Å². The summed E-state index contributed by atoms with van der Waals surface area (Å²) in [7, 11) is 2.11. The van der Waals surface area contributed by atoms with Gasteiger partial charge in [0.15, 0.2) is 11.6 Å². The monoisotopic (exact) mass is 396 g/mol. The van der Waals surface area contributed by atoms with Crippen molar-refractivity contribution in [3.05, 3.63) is 72.9 Å². The Balaban J connectivity index is 1.43. The second-order valence-corrected chi connectivity index (χ2v) is 7.66. The summed E-state index contributed by atoms with van der Waals surface area (Å²) in [6.07, 6.45) is 3.81. The fourth-order valence-electron chi connectivity index (χ4n) is 4.15. The molecule has 6 heteroatoms. The van der Waals surface area contributed by atoms with Crippen LogP contribution in [0.5, 0.6) is 0 Å². The zero-order valence-corrected chi connectivity index (χ0v) is 17.0. The van der Waals surface area contributed by atoms with Crippen LogP contribution in [-0.4, -0.2) is 46.3 Å². The molecule has 0 amide bonds. The van der Waals surface area contributed by atoms with Gasteiger partial charge in [0.2, 0.25) is 0 Å². The van der Waals surface area contributed by atoms with Crippen LogP contribution >= 0.6 is 0 Å². The molecule has 150 valence electrons. The van der Waals surface area contributed by atoms with Gasteiger partial charge in [-0.05, 0) is 37.1 Å². The number of piperidine rings is 1. The van der Waals surface area contributed by atoms with E-state index in [1.165, 1.54) is 0 Å². The molecular formula is C24H24N6. The molecule has 3 heterocycles. The first-order valence-electron chi connectivity index (χ1n) is 10.4. The molecule has 2 aromatic heterocycles. The number of benzene rings is 2. The Morgan fingerprint density at radius 3 is 2.40 bits per heavy atom. The van der Waals surface area contributed by atoms with Gasteiger partial charge in [-0.3, -0.25) is 0 Å². The van der Waals surface area contributed by atoms with Crippen molar-refractivity contribution in [2.75, 3.05) is 29.9 Å². The van der Waals surface area contributed by atoms with Crippen LogP contribution in [0.3, 0.4) is 0 Å². The van der Waals surface area contributed by atoms with Crippen molar-refractivity contribution >= 4 is 22.5 Å². The topological polar surface area (TPSA) is 58.0 Å². The molecule has 0 radical (unpaired) electrons. The van der Waals surface area contributed by atoms with Crippen molar-refractivity contribution in [2.24, 2.45) is 0 Å². The molecular weight excluding hydrogens is 372 g/mol. The SMILES string of the molecule is CN(c1cccnn1)C1CCN(c2nc(-c3ccccc3)nc3ccccc23)CC1. The van der Waals surface area contributed by atoms with Gasteiger partial charge in [0, 0.05) is 43.3 Å². The van der Waals surface area contributed by atoms with Gasteiger partial charge in [-0.15, -0.1) is 5.10 Å². The van der Waals surface area contributed by atoms with Gasteiger partial charge < -0.3 is 9.80 Å². The number of para-hydroxylation sites is 1. The number of hydrogen-bond donors (Lipinski definition) is 0. The minimum absolute atomic E-state index is 0.444. The van der Waals surface area contributed by atoms with Gasteiger partial charge in [-0.2, -0.15) is 5.10 Å². The second-order valence-electron chi connectivity index (χ2n) is 7.66. The van der Waals surface area contributed by atoms with E-state index in [2.05, 4.69) is 57.4 Å². The fourth-order valence-corrected chi connectivity index (χ4v) is 4.15. The third-order valence-electron chi connectivity index (χ3n) is 5.85. The summed E-state index contributed by atoms with van der Waals surface area (Å²) in [5.41, 5.74) is 2.03. The lowest BCUT2D eigenvalue weighted by atomic mass is 10.0. The predicted molar refractivity (Wildman–Crippen MR) is 121 cm³/mol. The van der Waals surface area contributed by atoms with Crippen LogP contribution in [0.25, 0.3) is 22.3 Å². The molecule has 5 rings (SSSR count). The molecule has 2 aromatic carbocycles. The van der Waals surface area contributed by atoms with Crippen LogP contribution in [0, 0.1) is 0 Å². The van der Waals surface area contributed by atoms with Crippen molar-refractivity contribution in [3.63, 3.8) is 0 Å². The number of hydrogen-bond acceptors (Lipinski definition) is 6. The molecule has 0 unspecified atom stereocenters. The van der Waals surface area contributed by atoms with Crippen LogP contribution in [0.4, 0.5) is 11.6 Å². The fraction of sp³-hybridized carbons (Fsp3) is 0.250. The Hall–Kier alpha value is -3.54. The van der Waals surface area contributed by atoms with Crippen molar-refractivity contribution in [1.82, 2.24) is 20.2 Å². The average molecular weight is 396 g/mol. The molecule has 1 saturated heterocycles. The summed E-state index contributed by atoms with van der Waals surface area (Å²) < 4.78 is 0. The van der Waals surface area contributed by atoms with Gasteiger partial charge in [0.1, 0.15) is 5.82 Å². The molecule has 1 aliphatic rings. The lowest BCUT2D eigenvalue weighted by Crippen LogP contribution is -2.44. The molecule has 0 atom stereocenters. The standard InChI is InChI=1S/C24H24N6/c1-29(22-12-7-15-25-28-22)19-13-16-30(17-14-19)24-20-10-5-6-11-21(20)26-23(27-24)18-8-3-2-4-9-18/h2-12,15,19H,13-14,16-17H2,1H3. The lowest BCUT2D eigenvalue weighted by Gasteiger charge is -2.38. The maximum atomic E-state index is 5.00. The van der Waals surface area contributed by atoms with E-state index in [1.807, 2.05) is 36.4 Å². The van der Waals surface area contributed by atoms with E-state index < -0.39 is 0 Å². The summed E-state index contributed by atoms with van der Waals surface area (Å²) >= 11 is 0. The van der Waals surface area contributed by atoms with Crippen molar-refractivity contribution < 1.29 is 0 Å². The van der Waals surface area contributed by atoms with E-state index in [9.17, 15) is 0 Å². The summed E-state index contributed by atoms with van der Waals surface area (Å²) in [5.74, 6) is 2.73. The van der Waals surface area contributed by atoms with Crippen LogP contribution in [0.2, 0.25) is 0 Å². The van der Waals surface area contributed by atoms with Crippen molar-refractivity contribution in [3.8, 4) is 11.4 Å². The summed E-state index contributed by atoms with van der Waals surface area (Å²) in [6.45, 7) is 1.90. The summed E-state index contributed by atoms with van der Waals surface area (Å²) in [5, 5.41) is 9.38. The van der Waals surface area contributed by atoms with Crippen LogP contribution in [0.15, 0.2) is 72.9 Å². The minimum atomic E-state index is 0.444. The normalized spacial score (nSPS) is 14.8. The number of nitrogens with zero attached hydrogens (tertiary/aromatic N) is 6. The van der Waals surface area contributed by atoms with Gasteiger partial charge in [-0.25, -0.2) is 9.97 Å². The van der Waals surface area contributed by atoms with Gasteiger partial charge in [-0.1, -0.05) is 42.5 Å². The van der Waals surface area contributed by atoms with Gasteiger partial charge >= 0.3 is 0 Å². The first kappa shape index (κ1) is 18.5. The highest BCUT2D eigenvalue weighted by atomic mass is 15.3. The van der Waals surface area contributed by atoms with E-state index in [0.717, 1.165) is 59.9 Å². The largest absolute Gasteiger partial charge is 0.356 e. The summed E-state index contributed by atoms with van der Waals surface area (Å²) in [4.78, 5) is 14.5. The Morgan fingerprint density at radius 1 is 0.867 bits per heavy atom. The first-order valence-corrected chi connectivity index (χ1v) is 10.4. The highest BCUT2D eigenvalue weighted by molar-refractivity contribution is 5.91. The molecule has 0 saturated carbocycles. The number of rotatable bonds is 4. The van der Waals surface area contributed by atoms with Crippen molar-refractivity contribution in [1.29, 1.82) is 0 Å². The minimum Gasteiger partial charge on any atom is -0.356 e. The third kappa shape index (κ3) is 3.56. The van der Waals surface area contributed by atoms with Gasteiger partial charge in [0.25, 0.3) is 0 Å². The van der Waals surface area contributed by atoms with Gasteiger partial charge in [0.05, 0.1) is 5.52 Å². The van der Waals surface area contributed by atoms with E-state index in [1.54, 1.807) is 6.20 Å². The maximum absolute atomic E-state index is 5.00. The number of fused-ring (bicyclic) bond motifs is 1. The quantitative estimate of drug-likeness (QED) is 0.515. The molecule has 0 aliphatic carbocycles. The van der Waals surface area contributed by atoms with E-state index in [4.69, 9.17) is 9.97 Å². The Kier molecular flexibility index (Phi) is 4.97. The zero-order chi connectivity index (χ0) is 20.3. The summed E-state index contributed by atoms with van der Waals surface area (Å²) in [6, 6.07) is 22.9. The Morgan fingerprint density at radius 2 is 1.63 bits per heavy atom. The molecule has 6 nitrogen and oxygen atoms in total. The molecule has 30 heavy (non-hydrogen) atoms. The van der Waals surface area contributed by atoms with Crippen LogP contribution in [0.1, 0.15) is 12.8 Å². The third-order valence-corrected chi connectivity index (χ3v) is 5.85. The van der Waals surface area contributed by atoms with Crippen molar-refractivity contribution in [2.45, 2.75) is 18.9 Å². The molecule has 4 aromatic rings. The highest BCUT2D eigenvalue weighted by Crippen LogP contribution is 2.30. The second kappa shape index (κ2) is 8.06. The molecule has 0 N–H and O–H groups in total. The van der Waals surface area contributed by atoms with Crippen LogP contribution in [-0.2, 0) is 0 Å². The maximum Gasteiger partial charge on any atom is 0.162 e. The number of anilines is 2. The molecule has 0 spiro atoms. The average Bonchev–Trinajstić information content (AvgIpc) is 2.84. The zero-order valence-electron chi connectivity index (χ0n) is 17.0. The first-order chi connectivity index (χ1) is 14.8. The lowest BCUT2D eigenvalue weighted by molar-refractivity contribution is 0.478. The van der Waals surface area contributed by atoms with E-state index >= 15 is 0 Å². The molecule has 1 fully saturated rings. The number of aromatic nitrogens is 4. The smallest absolute Gasteiger partial charge is 0.162 e. The highest BCUT2D eigenvalue weighted by Gasteiger charge is 2.25. The molecule has 0 bridgehead atoms. The molecule has 1 aliphatic heterocycles. The Bertz CT molecular complexity index is 1120.